The Morgan fingerprint density at radius 2 is 2.00 bits per heavy atom. The smallest absolute Gasteiger partial charge is 0.275 e. The van der Waals surface area contributed by atoms with Crippen molar-refractivity contribution < 1.29 is 4.79 Å². The van der Waals surface area contributed by atoms with E-state index in [0.717, 1.165) is 5.69 Å². The molecule has 5 heteroatoms. The molecule has 1 amide bonds. The predicted octanol–water partition coefficient (Wildman–Crippen LogP) is 2.33. The molecule has 1 aromatic heterocycles. The third kappa shape index (κ3) is 3.64. The normalized spacial score (nSPS) is 9.68. The van der Waals surface area contributed by atoms with Crippen LogP contribution in [0.2, 0.25) is 0 Å². The van der Waals surface area contributed by atoms with Crippen LogP contribution in [-0.4, -0.2) is 22.4 Å². The van der Waals surface area contributed by atoms with Gasteiger partial charge in [0.2, 0.25) is 0 Å². The Morgan fingerprint density at radius 1 is 1.21 bits per heavy atom. The van der Waals surface area contributed by atoms with E-state index in [1.807, 2.05) is 30.3 Å². The second-order valence-corrected chi connectivity index (χ2v) is 3.78. The number of carbonyl (C=O) groups is 1. The second kappa shape index (κ2) is 6.30. The third-order valence-corrected chi connectivity index (χ3v) is 2.34. The fourth-order valence-electron chi connectivity index (χ4n) is 1.43. The van der Waals surface area contributed by atoms with Crippen molar-refractivity contribution in [1.82, 2.24) is 9.97 Å². The highest BCUT2D eigenvalue weighted by Crippen LogP contribution is 2.07. The highest BCUT2D eigenvalue weighted by molar-refractivity contribution is 6.02. The Morgan fingerprint density at radius 3 is 2.63 bits per heavy atom. The molecule has 96 valence electrons. The van der Waals surface area contributed by atoms with Gasteiger partial charge in [0.05, 0.1) is 12.4 Å². The van der Waals surface area contributed by atoms with Gasteiger partial charge in [-0.1, -0.05) is 24.3 Å². The van der Waals surface area contributed by atoms with Crippen molar-refractivity contribution >= 4 is 17.4 Å². The number of rotatable bonds is 5. The van der Waals surface area contributed by atoms with Gasteiger partial charge < -0.3 is 10.6 Å². The molecule has 19 heavy (non-hydrogen) atoms. The number of para-hydroxylation sites is 1. The maximum Gasteiger partial charge on any atom is 0.275 e. The Kier molecular flexibility index (Phi) is 4.23. The van der Waals surface area contributed by atoms with Gasteiger partial charge in [0.25, 0.3) is 5.91 Å². The van der Waals surface area contributed by atoms with Crippen LogP contribution in [0.3, 0.4) is 0 Å². The van der Waals surface area contributed by atoms with Gasteiger partial charge in [-0.2, -0.15) is 0 Å². The molecular weight excluding hydrogens is 240 g/mol. The molecule has 0 atom stereocenters. The summed E-state index contributed by atoms with van der Waals surface area (Å²) >= 11 is 0. The van der Waals surface area contributed by atoms with Gasteiger partial charge in [-0.3, -0.25) is 4.79 Å². The maximum absolute atomic E-state index is 11.9. The molecule has 0 radical (unpaired) electrons. The van der Waals surface area contributed by atoms with Gasteiger partial charge in [0.1, 0.15) is 11.5 Å². The monoisotopic (exact) mass is 254 g/mol. The van der Waals surface area contributed by atoms with Crippen LogP contribution < -0.4 is 10.6 Å². The number of hydrogen-bond donors (Lipinski definition) is 2. The lowest BCUT2D eigenvalue weighted by molar-refractivity contribution is 0.102. The van der Waals surface area contributed by atoms with E-state index in [1.165, 1.54) is 12.4 Å². The summed E-state index contributed by atoms with van der Waals surface area (Å²) in [4.78, 5) is 20.0. The predicted molar refractivity (Wildman–Crippen MR) is 75.1 cm³/mol. The van der Waals surface area contributed by atoms with E-state index in [9.17, 15) is 4.79 Å². The fraction of sp³-hybridized carbons (Fsp3) is 0.0714. The zero-order valence-electron chi connectivity index (χ0n) is 10.3. The lowest BCUT2D eigenvalue weighted by atomic mass is 10.3. The minimum atomic E-state index is -0.283. The molecule has 5 nitrogen and oxygen atoms in total. The lowest BCUT2D eigenvalue weighted by Gasteiger charge is -2.05. The standard InChI is InChI=1S/C14H14N4O/c1-2-8-15-13-10-16-12(9-17-13)14(19)18-11-6-4-3-5-7-11/h2-7,9-10H,1,8H2,(H,15,17)(H,18,19). The number of anilines is 2. The Labute approximate surface area is 111 Å². The average Bonchev–Trinajstić information content (AvgIpc) is 2.46. The summed E-state index contributed by atoms with van der Waals surface area (Å²) in [6.07, 6.45) is 4.67. The van der Waals surface area contributed by atoms with Crippen LogP contribution in [0.15, 0.2) is 55.4 Å². The summed E-state index contributed by atoms with van der Waals surface area (Å²) in [5.74, 6) is 0.324. The maximum atomic E-state index is 11.9. The van der Waals surface area contributed by atoms with Crippen molar-refractivity contribution in [2.24, 2.45) is 0 Å². The first-order chi connectivity index (χ1) is 9.29. The van der Waals surface area contributed by atoms with E-state index < -0.39 is 0 Å². The SMILES string of the molecule is C=CCNc1cnc(C(=O)Nc2ccccc2)cn1. The molecule has 0 aliphatic heterocycles. The molecule has 0 aliphatic rings. The Balaban J connectivity index is 2.01. The molecule has 0 unspecified atom stereocenters. The average molecular weight is 254 g/mol. The summed E-state index contributed by atoms with van der Waals surface area (Å²) in [5, 5.41) is 5.73. The minimum absolute atomic E-state index is 0.271. The van der Waals surface area contributed by atoms with Crippen LogP contribution in [0, 0.1) is 0 Å². The van der Waals surface area contributed by atoms with Crippen molar-refractivity contribution in [2.45, 2.75) is 0 Å². The van der Waals surface area contributed by atoms with Crippen LogP contribution in [-0.2, 0) is 0 Å². The van der Waals surface area contributed by atoms with Crippen LogP contribution in [0.25, 0.3) is 0 Å². The molecule has 0 spiro atoms. The van der Waals surface area contributed by atoms with Crippen LogP contribution >= 0.6 is 0 Å². The molecule has 0 saturated carbocycles. The number of hydrogen-bond acceptors (Lipinski definition) is 4. The summed E-state index contributed by atoms with van der Waals surface area (Å²) in [6, 6.07) is 9.21. The number of nitrogens with one attached hydrogen (secondary N) is 2. The van der Waals surface area contributed by atoms with Crippen LogP contribution in [0.1, 0.15) is 10.5 Å². The van der Waals surface area contributed by atoms with Crippen molar-refractivity contribution in [3.05, 3.63) is 61.1 Å². The van der Waals surface area contributed by atoms with Crippen molar-refractivity contribution in [3.63, 3.8) is 0 Å². The zero-order chi connectivity index (χ0) is 13.5. The minimum Gasteiger partial charge on any atom is -0.365 e. The molecule has 0 bridgehead atoms. The van der Waals surface area contributed by atoms with Crippen molar-refractivity contribution in [3.8, 4) is 0 Å². The summed E-state index contributed by atoms with van der Waals surface area (Å²) in [7, 11) is 0. The number of nitrogens with zero attached hydrogens (tertiary/aromatic N) is 2. The van der Waals surface area contributed by atoms with Gasteiger partial charge in [-0.25, -0.2) is 9.97 Å². The number of aromatic nitrogens is 2. The van der Waals surface area contributed by atoms with Crippen molar-refractivity contribution in [2.75, 3.05) is 17.2 Å². The molecule has 2 N–H and O–H groups in total. The highest BCUT2D eigenvalue weighted by atomic mass is 16.1. The van der Waals surface area contributed by atoms with E-state index in [4.69, 9.17) is 0 Å². The number of amides is 1. The topological polar surface area (TPSA) is 66.9 Å². The molecule has 1 aromatic carbocycles. The lowest BCUT2D eigenvalue weighted by Crippen LogP contribution is -2.14. The van der Waals surface area contributed by atoms with Crippen molar-refractivity contribution in [1.29, 1.82) is 0 Å². The zero-order valence-corrected chi connectivity index (χ0v) is 10.3. The van der Waals surface area contributed by atoms with E-state index in [0.29, 0.717) is 12.4 Å². The van der Waals surface area contributed by atoms with Gasteiger partial charge >= 0.3 is 0 Å². The summed E-state index contributed by atoms with van der Waals surface area (Å²) in [5.41, 5.74) is 0.996. The second-order valence-electron chi connectivity index (χ2n) is 3.78. The number of carbonyl (C=O) groups excluding carboxylic acids is 1. The largest absolute Gasteiger partial charge is 0.365 e. The van der Waals surface area contributed by atoms with Gasteiger partial charge in [0, 0.05) is 12.2 Å². The fourth-order valence-corrected chi connectivity index (χ4v) is 1.43. The van der Waals surface area contributed by atoms with Gasteiger partial charge in [0.15, 0.2) is 0 Å². The van der Waals surface area contributed by atoms with Crippen LogP contribution in [0.5, 0.6) is 0 Å². The van der Waals surface area contributed by atoms with Gasteiger partial charge in [-0.15, -0.1) is 6.58 Å². The number of benzene rings is 1. The summed E-state index contributed by atoms with van der Waals surface area (Å²) in [6.45, 7) is 4.20. The van der Waals surface area contributed by atoms with E-state index >= 15 is 0 Å². The quantitative estimate of drug-likeness (QED) is 0.804. The first-order valence-corrected chi connectivity index (χ1v) is 5.83. The first-order valence-electron chi connectivity index (χ1n) is 5.83. The van der Waals surface area contributed by atoms with Gasteiger partial charge in [-0.05, 0) is 12.1 Å². The molecule has 0 saturated heterocycles. The molecule has 2 aromatic rings. The van der Waals surface area contributed by atoms with Crippen LogP contribution in [0.4, 0.5) is 11.5 Å². The Hall–Kier alpha value is -2.69. The molecular formula is C14H14N4O. The van der Waals surface area contributed by atoms with E-state index in [1.54, 1.807) is 6.08 Å². The molecule has 0 aliphatic carbocycles. The first kappa shape index (κ1) is 12.8. The Bertz CT molecular complexity index is 551. The third-order valence-electron chi connectivity index (χ3n) is 2.34. The highest BCUT2D eigenvalue weighted by Gasteiger charge is 2.07. The molecule has 0 fully saturated rings. The van der Waals surface area contributed by atoms with E-state index in [-0.39, 0.29) is 11.6 Å². The molecule has 1 heterocycles. The summed E-state index contributed by atoms with van der Waals surface area (Å²) < 4.78 is 0. The molecule has 2 rings (SSSR count). The van der Waals surface area contributed by atoms with E-state index in [2.05, 4.69) is 27.2 Å².